The molecule has 3 atom stereocenters. The van der Waals surface area contributed by atoms with E-state index in [1.165, 1.54) is 29.3 Å². The third-order valence-corrected chi connectivity index (χ3v) is 9.60. The van der Waals surface area contributed by atoms with Crippen molar-refractivity contribution in [1.29, 1.82) is 0 Å². The number of benzene rings is 1. The summed E-state index contributed by atoms with van der Waals surface area (Å²) in [6.45, 7) is 0.126. The minimum Gasteiger partial charge on any atom is -0.543 e. The quantitative estimate of drug-likeness (QED) is 0.0625. The minimum atomic E-state index is -1.83. The normalized spacial score (nSPS) is 18.2. The molecule has 2 aliphatic heterocycles. The van der Waals surface area contributed by atoms with Crippen molar-refractivity contribution in [3.05, 3.63) is 92.1 Å². The molecule has 1 saturated heterocycles. The molecule has 4 aromatic rings. The summed E-state index contributed by atoms with van der Waals surface area (Å²) in [7, 11) is 0. The zero-order chi connectivity index (χ0) is 34.3. The van der Waals surface area contributed by atoms with Crippen LogP contribution in [0.4, 0.5) is 5.13 Å². The fourth-order valence-electron chi connectivity index (χ4n) is 5.24. The number of aromatic nitrogens is 3. The van der Waals surface area contributed by atoms with Gasteiger partial charge < -0.3 is 41.0 Å². The number of β-lactam (4-membered cyclic amide) rings is 1. The summed E-state index contributed by atoms with van der Waals surface area (Å²) in [5, 5.41) is 39.9. The summed E-state index contributed by atoms with van der Waals surface area (Å²) in [5.41, 5.74) is 4.66. The summed E-state index contributed by atoms with van der Waals surface area (Å²) < 4.78 is 1.66. The molecule has 0 bridgehead atoms. The summed E-state index contributed by atoms with van der Waals surface area (Å²) in [5.74, 6) is -4.91. The van der Waals surface area contributed by atoms with Crippen molar-refractivity contribution in [3.63, 3.8) is 0 Å². The number of hydrogen-bond donors (Lipinski definition) is 5. The van der Waals surface area contributed by atoms with Crippen LogP contribution in [0.3, 0.4) is 0 Å². The number of carboxylic acid groups (broad SMARTS) is 2. The number of nitrogens with two attached hydrogens (primary N) is 1. The van der Waals surface area contributed by atoms with Gasteiger partial charge in [-0.3, -0.25) is 19.3 Å². The first-order valence-corrected chi connectivity index (χ1v) is 16.1. The van der Waals surface area contributed by atoms with Crippen LogP contribution in [0.25, 0.3) is 10.9 Å². The van der Waals surface area contributed by atoms with E-state index >= 15 is 0 Å². The van der Waals surface area contributed by atoms with Crippen LogP contribution in [-0.4, -0.2) is 71.7 Å². The zero-order valence-corrected chi connectivity index (χ0v) is 26.5. The zero-order valence-electron chi connectivity index (χ0n) is 24.2. The van der Waals surface area contributed by atoms with E-state index in [1.807, 2.05) is 0 Å². The number of aromatic hydroxyl groups is 1. The number of thiazole rings is 1. The van der Waals surface area contributed by atoms with E-state index in [1.54, 1.807) is 29.1 Å². The van der Waals surface area contributed by atoms with Gasteiger partial charge in [-0.1, -0.05) is 22.8 Å². The van der Waals surface area contributed by atoms with Crippen LogP contribution in [0.1, 0.15) is 17.4 Å². The molecular formula is C29H22ClN7O9S2. The highest BCUT2D eigenvalue weighted by molar-refractivity contribution is 8.00. The first kappa shape index (κ1) is 32.5. The lowest BCUT2D eigenvalue weighted by Crippen LogP contribution is -2.71. The van der Waals surface area contributed by atoms with Crippen molar-refractivity contribution >= 4 is 80.2 Å². The first-order valence-electron chi connectivity index (χ1n) is 13.8. The SMILES string of the molecule is Nc1nc(/C(=N/OC(C(=O)O)c2ccc(O)c3[nH]c(=O)ccc23)C(=O)N[C@@H]2C(=O)N3C(C(=O)[O-])=C(C[n+]4cccc(Cl)c4)CS[C@H]23)cs1. The Hall–Kier alpha value is -5.46. The third kappa shape index (κ3) is 6.15. The number of fused-ring (bicyclic) bond motifs is 2. The number of thioether (sulfide) groups is 1. The van der Waals surface area contributed by atoms with Gasteiger partial charge in [-0.05, 0) is 18.2 Å². The number of carbonyl (C=O) groups excluding carboxylic acids is 3. The Bertz CT molecular complexity index is 2130. The van der Waals surface area contributed by atoms with E-state index in [0.29, 0.717) is 10.6 Å². The Morgan fingerprint density at radius 3 is 2.75 bits per heavy atom. The van der Waals surface area contributed by atoms with Crippen LogP contribution in [0.15, 0.2) is 75.4 Å². The van der Waals surface area contributed by atoms with Crippen molar-refractivity contribution in [3.8, 4) is 5.75 Å². The second kappa shape index (κ2) is 13.0. The highest BCUT2D eigenvalue weighted by Gasteiger charge is 2.53. The number of phenols is 1. The lowest BCUT2D eigenvalue weighted by Gasteiger charge is -2.50. The molecule has 0 radical (unpaired) electrons. The number of carboxylic acids is 2. The molecule has 5 heterocycles. The van der Waals surface area contributed by atoms with E-state index in [9.17, 15) is 39.3 Å². The molecule has 1 aromatic carbocycles. The maximum absolute atomic E-state index is 13.6. The Labute approximate surface area is 282 Å². The molecule has 48 heavy (non-hydrogen) atoms. The van der Waals surface area contributed by atoms with E-state index in [0.717, 1.165) is 28.4 Å². The van der Waals surface area contributed by atoms with Crippen molar-refractivity contribution in [1.82, 2.24) is 20.2 Å². The van der Waals surface area contributed by atoms with Gasteiger partial charge in [0, 0.05) is 39.8 Å². The van der Waals surface area contributed by atoms with Gasteiger partial charge in [0.05, 0.1) is 17.2 Å². The van der Waals surface area contributed by atoms with Crippen LogP contribution < -0.4 is 26.3 Å². The van der Waals surface area contributed by atoms with Gasteiger partial charge in [-0.25, -0.2) is 9.78 Å². The van der Waals surface area contributed by atoms with Crippen LogP contribution in [0, 0.1) is 0 Å². The molecule has 16 nitrogen and oxygen atoms in total. The predicted octanol–water partition coefficient (Wildman–Crippen LogP) is -0.136. The number of halogens is 1. The Balaban J connectivity index is 1.27. The standard InChI is InChI=1S/C29H22ClN7O9S2/c30-13-2-1-7-36(9-13)8-12-10-47-26-21(25(41)37(26)22(12)27(42)43)34-24(40)20(16-11-48-29(31)32-16)35-46-23(28(44)45)15-3-5-17(38)19-14(15)4-6-18(39)33-19/h1-7,9,11,21,23,26H,8,10H2,(H6-,31,32,33,34,35,38,39,40,42,43,44,45)/t21-,23?,26-/m1/s1. The number of oxime groups is 1. The highest BCUT2D eigenvalue weighted by Crippen LogP contribution is 2.40. The number of carbonyl (C=O) groups is 4. The molecule has 3 aromatic heterocycles. The molecule has 0 saturated carbocycles. The lowest BCUT2D eigenvalue weighted by atomic mass is 10.0. The largest absolute Gasteiger partial charge is 0.543 e. The Morgan fingerprint density at radius 1 is 1.27 bits per heavy atom. The van der Waals surface area contributed by atoms with Gasteiger partial charge in [-0.2, -0.15) is 4.57 Å². The van der Waals surface area contributed by atoms with E-state index in [-0.39, 0.29) is 51.0 Å². The lowest BCUT2D eigenvalue weighted by molar-refractivity contribution is -0.689. The molecule has 1 unspecified atom stereocenters. The summed E-state index contributed by atoms with van der Waals surface area (Å²) in [4.78, 5) is 76.1. The number of rotatable bonds is 10. The molecule has 19 heteroatoms. The van der Waals surface area contributed by atoms with Gasteiger partial charge in [-0.15, -0.1) is 23.1 Å². The van der Waals surface area contributed by atoms with Crippen molar-refractivity contribution in [2.75, 3.05) is 11.5 Å². The Morgan fingerprint density at radius 2 is 2.06 bits per heavy atom. The average molecular weight is 712 g/mol. The molecule has 1 fully saturated rings. The summed E-state index contributed by atoms with van der Waals surface area (Å²) in [6, 6.07) is 7.01. The number of hydrogen-bond acceptors (Lipinski definition) is 13. The maximum Gasteiger partial charge on any atom is 0.352 e. The number of H-pyrrole nitrogens is 1. The van der Waals surface area contributed by atoms with Gasteiger partial charge in [0.1, 0.15) is 27.9 Å². The third-order valence-electron chi connectivity index (χ3n) is 7.37. The number of nitrogen functional groups attached to an aromatic ring is 1. The van der Waals surface area contributed by atoms with E-state index in [4.69, 9.17) is 22.2 Å². The molecular weight excluding hydrogens is 690 g/mol. The second-order valence-corrected chi connectivity index (χ2v) is 12.8. The number of pyridine rings is 2. The molecule has 6 rings (SSSR count). The van der Waals surface area contributed by atoms with E-state index in [2.05, 4.69) is 20.4 Å². The molecule has 2 amide bonds. The monoisotopic (exact) mass is 711 g/mol. The molecule has 2 aliphatic rings. The topological polar surface area (TPSA) is 244 Å². The fraction of sp³-hybridized carbons (Fsp3) is 0.172. The fourth-order valence-corrected chi connectivity index (χ4v) is 7.32. The summed E-state index contributed by atoms with van der Waals surface area (Å²) in [6.07, 6.45) is 1.46. The number of phenolic OH excluding ortho intramolecular Hbond substituents is 1. The number of anilines is 1. The van der Waals surface area contributed by atoms with Crippen molar-refractivity contribution in [2.24, 2.45) is 5.16 Å². The van der Waals surface area contributed by atoms with Gasteiger partial charge in [0.2, 0.25) is 11.7 Å². The average Bonchev–Trinajstić information content (AvgIpc) is 3.47. The van der Waals surface area contributed by atoms with Gasteiger partial charge in [0.15, 0.2) is 29.8 Å². The minimum absolute atomic E-state index is 0.00962. The van der Waals surface area contributed by atoms with E-state index < -0.39 is 52.5 Å². The molecule has 0 spiro atoms. The number of nitrogens with zero attached hydrogens (tertiary/aromatic N) is 4. The highest BCUT2D eigenvalue weighted by atomic mass is 35.5. The van der Waals surface area contributed by atoms with Crippen LogP contribution in [0.2, 0.25) is 5.02 Å². The van der Waals surface area contributed by atoms with Gasteiger partial charge in [0.25, 0.3) is 11.8 Å². The summed E-state index contributed by atoms with van der Waals surface area (Å²) >= 11 is 8.23. The first-order chi connectivity index (χ1) is 22.9. The molecule has 246 valence electrons. The van der Waals surface area contributed by atoms with Crippen LogP contribution >= 0.6 is 34.7 Å². The molecule has 0 aliphatic carbocycles. The molecule has 6 N–H and O–H groups in total. The van der Waals surface area contributed by atoms with Gasteiger partial charge >= 0.3 is 5.97 Å². The smallest absolute Gasteiger partial charge is 0.352 e. The number of nitrogens with one attached hydrogen (secondary N) is 2. The van der Waals surface area contributed by atoms with Crippen LogP contribution in [-0.2, 0) is 30.6 Å². The Kier molecular flexibility index (Phi) is 8.78. The number of aromatic amines is 1. The maximum atomic E-state index is 13.6. The van der Waals surface area contributed by atoms with Crippen molar-refractivity contribution < 1.29 is 43.9 Å². The number of amides is 2. The van der Waals surface area contributed by atoms with Crippen LogP contribution in [0.5, 0.6) is 5.75 Å². The van der Waals surface area contributed by atoms with Crippen molar-refractivity contribution in [2.45, 2.75) is 24.1 Å². The predicted molar refractivity (Wildman–Crippen MR) is 169 cm³/mol. The second-order valence-electron chi connectivity index (χ2n) is 10.4. The number of aliphatic carboxylic acids is 2.